The molecule has 5 rings (SSSR count). The van der Waals surface area contributed by atoms with Gasteiger partial charge in [0.25, 0.3) is 0 Å². The van der Waals surface area contributed by atoms with Crippen LogP contribution in [0.2, 0.25) is 0 Å². The van der Waals surface area contributed by atoms with Gasteiger partial charge in [-0.2, -0.15) is 0 Å². The van der Waals surface area contributed by atoms with Crippen LogP contribution in [0.1, 0.15) is 76.6 Å². The Bertz CT molecular complexity index is 1260. The van der Waals surface area contributed by atoms with Crippen molar-refractivity contribution < 1.29 is 18.7 Å². The van der Waals surface area contributed by atoms with Crippen molar-refractivity contribution in [3.05, 3.63) is 59.7 Å². The summed E-state index contributed by atoms with van der Waals surface area (Å²) in [6.45, 7) is 7.87. The normalized spacial score (nSPS) is 29.0. The fourth-order valence-electron chi connectivity index (χ4n) is 5.66. The summed E-state index contributed by atoms with van der Waals surface area (Å²) in [5.74, 6) is -0.527. The summed E-state index contributed by atoms with van der Waals surface area (Å²) in [6.07, 6.45) is 4.68. The van der Waals surface area contributed by atoms with Crippen molar-refractivity contribution in [1.82, 2.24) is 15.2 Å². The van der Waals surface area contributed by atoms with Crippen molar-refractivity contribution >= 4 is 17.8 Å². The van der Waals surface area contributed by atoms with Crippen molar-refractivity contribution in [2.75, 3.05) is 0 Å². The molecule has 1 aromatic carbocycles. The summed E-state index contributed by atoms with van der Waals surface area (Å²) >= 11 is 0. The van der Waals surface area contributed by atoms with Gasteiger partial charge in [0, 0.05) is 24.1 Å². The van der Waals surface area contributed by atoms with Gasteiger partial charge >= 0.3 is 0 Å². The van der Waals surface area contributed by atoms with Crippen LogP contribution in [0.15, 0.2) is 47.7 Å². The maximum Gasteiger partial charge on any atom is 0.232 e. The molecule has 9 heteroatoms. The van der Waals surface area contributed by atoms with Gasteiger partial charge < -0.3 is 15.8 Å². The van der Waals surface area contributed by atoms with Crippen molar-refractivity contribution in [2.24, 2.45) is 22.6 Å². The zero-order valence-electron chi connectivity index (χ0n) is 21.7. The summed E-state index contributed by atoms with van der Waals surface area (Å²) in [6, 6.07) is 8.26. The number of nitrogens with one attached hydrogen (secondary N) is 1. The third-order valence-electron chi connectivity index (χ3n) is 7.81. The Kier molecular flexibility index (Phi) is 6.20. The van der Waals surface area contributed by atoms with E-state index in [4.69, 9.17) is 10.5 Å². The average molecular weight is 508 g/mol. The first-order chi connectivity index (χ1) is 17.5. The number of carbonyl (C=O) groups excluding carboxylic acids is 2. The van der Waals surface area contributed by atoms with E-state index in [1.807, 2.05) is 52.0 Å². The number of pyridine rings is 1. The Morgan fingerprint density at radius 2 is 2.05 bits per heavy atom. The molecular weight excluding hydrogens is 473 g/mol. The number of guanidine groups is 1. The van der Waals surface area contributed by atoms with Gasteiger partial charge in [-0.3, -0.25) is 19.5 Å². The molecule has 0 saturated heterocycles. The van der Waals surface area contributed by atoms with Crippen LogP contribution in [0.5, 0.6) is 5.75 Å². The molecule has 8 nitrogen and oxygen atoms in total. The van der Waals surface area contributed by atoms with Crippen LogP contribution in [0.3, 0.4) is 0 Å². The largest absolute Gasteiger partial charge is 0.487 e. The van der Waals surface area contributed by atoms with Crippen LogP contribution in [0, 0.1) is 17.7 Å². The first-order valence-electron chi connectivity index (χ1n) is 12.9. The average Bonchev–Trinajstić information content (AvgIpc) is 3.61. The van der Waals surface area contributed by atoms with Gasteiger partial charge in [-0.25, -0.2) is 9.38 Å². The molecule has 2 aromatic rings. The molecule has 5 atom stereocenters. The van der Waals surface area contributed by atoms with E-state index in [2.05, 4.69) is 15.3 Å². The second-order valence-electron chi connectivity index (χ2n) is 11.3. The first-order valence-corrected chi connectivity index (χ1v) is 12.9. The number of hydrogen-bond acceptors (Lipinski definition) is 6. The van der Waals surface area contributed by atoms with E-state index >= 15 is 0 Å². The molecule has 1 saturated carbocycles. The zero-order valence-corrected chi connectivity index (χ0v) is 21.7. The van der Waals surface area contributed by atoms with Crippen LogP contribution in [-0.4, -0.2) is 38.8 Å². The van der Waals surface area contributed by atoms with Crippen LogP contribution in [0.25, 0.3) is 0 Å². The summed E-state index contributed by atoms with van der Waals surface area (Å²) in [5.41, 5.74) is 6.79. The highest BCUT2D eigenvalue weighted by atomic mass is 19.1. The number of fused-ring (bicyclic) bond motifs is 1. The van der Waals surface area contributed by atoms with Crippen LogP contribution in [-0.2, 0) is 9.59 Å². The molecule has 2 amide bonds. The number of nitrogens with two attached hydrogens (primary N) is 1. The predicted molar refractivity (Wildman–Crippen MR) is 137 cm³/mol. The highest BCUT2D eigenvalue weighted by Crippen LogP contribution is 2.52. The number of halogens is 1. The Labute approximate surface area is 216 Å². The lowest BCUT2D eigenvalue weighted by Gasteiger charge is -2.39. The second kappa shape index (κ2) is 9.11. The summed E-state index contributed by atoms with van der Waals surface area (Å²) in [7, 11) is 0. The Morgan fingerprint density at radius 1 is 1.30 bits per heavy atom. The Hall–Kier alpha value is -3.49. The van der Waals surface area contributed by atoms with Gasteiger partial charge in [0.2, 0.25) is 11.8 Å². The smallest absolute Gasteiger partial charge is 0.232 e. The third kappa shape index (κ3) is 4.91. The molecule has 0 bridgehead atoms. The summed E-state index contributed by atoms with van der Waals surface area (Å²) in [5, 5.41) is 3.21. The molecule has 0 spiro atoms. The van der Waals surface area contributed by atoms with Gasteiger partial charge in [-0.15, -0.1) is 0 Å². The summed E-state index contributed by atoms with van der Waals surface area (Å²) in [4.78, 5) is 36.9. The van der Waals surface area contributed by atoms with E-state index in [1.54, 1.807) is 0 Å². The molecule has 1 aromatic heterocycles. The number of benzene rings is 1. The summed E-state index contributed by atoms with van der Waals surface area (Å²) < 4.78 is 20.3. The molecule has 3 heterocycles. The van der Waals surface area contributed by atoms with Crippen LogP contribution >= 0.6 is 0 Å². The van der Waals surface area contributed by atoms with Crippen LogP contribution in [0.4, 0.5) is 4.39 Å². The number of carbonyl (C=O) groups is 2. The van der Waals surface area contributed by atoms with Gasteiger partial charge in [-0.1, -0.05) is 25.1 Å². The molecular formula is C28H34FN5O3. The fourth-order valence-corrected chi connectivity index (χ4v) is 5.66. The topological polar surface area (TPSA) is 110 Å². The van der Waals surface area contributed by atoms with Crippen molar-refractivity contribution in [3.8, 4) is 5.75 Å². The highest BCUT2D eigenvalue weighted by molar-refractivity contribution is 5.99. The SMILES string of the molecule is CC[C@@]1(C)CC(=O)N([C@H](c2cncc(F)c2)[C@H]2CC2C(=O)N[C@H]2CC(C)(C)Oc3ccccc32)C(N)=N1. The number of para-hydroxylation sites is 1. The van der Waals surface area contributed by atoms with Gasteiger partial charge in [0.15, 0.2) is 5.96 Å². The van der Waals surface area contributed by atoms with Gasteiger partial charge in [-0.05, 0) is 57.2 Å². The maximum atomic E-state index is 14.2. The molecule has 1 fully saturated rings. The lowest BCUT2D eigenvalue weighted by Crippen LogP contribution is -2.52. The highest BCUT2D eigenvalue weighted by Gasteiger charge is 2.53. The number of ether oxygens (including phenoxy) is 1. The quantitative estimate of drug-likeness (QED) is 0.614. The lowest BCUT2D eigenvalue weighted by molar-refractivity contribution is -0.132. The number of amides is 2. The number of aliphatic imine (C=N–C) groups is 1. The molecule has 0 radical (unpaired) electrons. The monoisotopic (exact) mass is 507 g/mol. The molecule has 3 N–H and O–H groups in total. The van der Waals surface area contributed by atoms with Gasteiger partial charge in [0.1, 0.15) is 17.2 Å². The molecule has 196 valence electrons. The van der Waals surface area contributed by atoms with E-state index in [-0.39, 0.29) is 42.1 Å². The maximum absolute atomic E-state index is 14.2. The molecule has 37 heavy (non-hydrogen) atoms. The predicted octanol–water partition coefficient (Wildman–Crippen LogP) is 4.03. The van der Waals surface area contributed by atoms with Gasteiger partial charge in [0.05, 0.1) is 30.2 Å². The molecule has 2 aliphatic heterocycles. The Morgan fingerprint density at radius 3 is 2.76 bits per heavy atom. The zero-order chi connectivity index (χ0) is 26.5. The standard InChI is InChI=1S/C28H34FN5O3/c1-5-28(4)13-23(35)34(26(30)33-28)24(16-10-17(29)15-31-14-16)19-11-20(19)25(36)32-21-12-27(2,3)37-22-9-7-6-8-18(21)22/h6-10,14-15,19-21,24H,5,11-13H2,1-4H3,(H2,30,33)(H,32,36)/t19-,20?,21-,24+,28-/m0/s1. The van der Waals surface area contributed by atoms with E-state index in [0.29, 0.717) is 24.8 Å². The fraction of sp³-hybridized carbons (Fsp3) is 0.500. The van der Waals surface area contributed by atoms with E-state index in [0.717, 1.165) is 17.5 Å². The van der Waals surface area contributed by atoms with Crippen molar-refractivity contribution in [1.29, 1.82) is 0 Å². The lowest BCUT2D eigenvalue weighted by atomic mass is 9.89. The minimum Gasteiger partial charge on any atom is -0.487 e. The van der Waals surface area contributed by atoms with E-state index in [9.17, 15) is 14.0 Å². The number of nitrogens with zero attached hydrogens (tertiary/aromatic N) is 3. The van der Waals surface area contributed by atoms with E-state index in [1.165, 1.54) is 17.2 Å². The Balaban J connectivity index is 1.41. The third-order valence-corrected chi connectivity index (χ3v) is 7.81. The second-order valence-corrected chi connectivity index (χ2v) is 11.3. The van der Waals surface area contributed by atoms with Crippen LogP contribution < -0.4 is 15.8 Å². The first kappa shape index (κ1) is 25.2. The van der Waals surface area contributed by atoms with Crippen molar-refractivity contribution in [2.45, 2.75) is 76.6 Å². The minimum absolute atomic E-state index is 0.0982. The molecule has 1 unspecified atom stereocenters. The molecule has 3 aliphatic rings. The number of hydrogen-bond donors (Lipinski definition) is 2. The van der Waals surface area contributed by atoms with E-state index < -0.39 is 23.0 Å². The number of rotatable bonds is 6. The molecule has 1 aliphatic carbocycles. The van der Waals surface area contributed by atoms with Crippen molar-refractivity contribution in [3.63, 3.8) is 0 Å². The number of aromatic nitrogens is 1. The minimum atomic E-state index is -0.630.